The fraction of sp³-hybridized carbons (Fsp3) is 0.231. The number of carbonyl (C=O) groups excluding carboxylic acids is 1. The first-order valence-electron chi connectivity index (χ1n) is 6.26. The molecule has 0 radical (unpaired) electrons. The highest BCUT2D eigenvalue weighted by molar-refractivity contribution is 8.00. The number of thioether (sulfide) groups is 1. The van der Waals surface area contributed by atoms with E-state index in [9.17, 15) is 4.79 Å². The molecule has 0 unspecified atom stereocenters. The van der Waals surface area contributed by atoms with Crippen LogP contribution in [-0.4, -0.2) is 38.0 Å². The van der Waals surface area contributed by atoms with E-state index in [4.69, 9.17) is 4.74 Å². The van der Waals surface area contributed by atoms with E-state index >= 15 is 0 Å². The van der Waals surface area contributed by atoms with Crippen LogP contribution in [0.1, 0.15) is 6.42 Å². The average molecular weight is 286 g/mol. The van der Waals surface area contributed by atoms with Gasteiger partial charge in [0.1, 0.15) is 10.8 Å². The minimum atomic E-state index is -0.223. The molecule has 0 amide bonds. The smallest absolute Gasteiger partial charge is 0.319 e. The number of para-hydroxylation sites is 1. The Morgan fingerprint density at radius 2 is 2.20 bits per heavy atom. The molecule has 1 N–H and O–H groups in total. The van der Waals surface area contributed by atoms with Crippen molar-refractivity contribution in [1.29, 1.82) is 0 Å². The topological polar surface area (TPSA) is 80.8 Å². The number of ether oxygens (including phenoxy) is 1. The third-order valence-corrected chi connectivity index (χ3v) is 4.33. The summed E-state index contributed by atoms with van der Waals surface area (Å²) in [5.41, 5.74) is 2.42. The Kier molecular flexibility index (Phi) is 2.59. The maximum Gasteiger partial charge on any atom is 0.319 e. The Morgan fingerprint density at radius 3 is 3.05 bits per heavy atom. The van der Waals surface area contributed by atoms with E-state index in [1.807, 2.05) is 24.3 Å². The largest absolute Gasteiger partial charge is 0.465 e. The van der Waals surface area contributed by atoms with Gasteiger partial charge in [-0.1, -0.05) is 30.0 Å². The zero-order chi connectivity index (χ0) is 13.5. The zero-order valence-corrected chi connectivity index (χ0v) is 11.2. The van der Waals surface area contributed by atoms with Crippen molar-refractivity contribution in [3.8, 4) is 0 Å². The lowest BCUT2D eigenvalue weighted by Crippen LogP contribution is -2.10. The summed E-state index contributed by atoms with van der Waals surface area (Å²) in [7, 11) is 0. The number of nitrogens with one attached hydrogen (secondary N) is 1. The molecule has 2 aromatic heterocycles. The molecular weight excluding hydrogens is 276 g/mol. The highest BCUT2D eigenvalue weighted by Crippen LogP contribution is 2.28. The first kappa shape index (κ1) is 11.7. The minimum Gasteiger partial charge on any atom is -0.465 e. The van der Waals surface area contributed by atoms with Crippen molar-refractivity contribution in [3.63, 3.8) is 0 Å². The summed E-state index contributed by atoms with van der Waals surface area (Å²) in [6, 6.07) is 7.86. The molecule has 0 spiro atoms. The van der Waals surface area contributed by atoms with Gasteiger partial charge in [-0.05, 0) is 6.07 Å². The number of hydrogen-bond donors (Lipinski definition) is 1. The fourth-order valence-electron chi connectivity index (χ4n) is 2.27. The van der Waals surface area contributed by atoms with Gasteiger partial charge in [0, 0.05) is 17.3 Å². The second-order valence-electron chi connectivity index (χ2n) is 4.52. The summed E-state index contributed by atoms with van der Waals surface area (Å²) < 4.78 is 4.93. The van der Waals surface area contributed by atoms with Crippen molar-refractivity contribution in [3.05, 3.63) is 24.3 Å². The van der Waals surface area contributed by atoms with Gasteiger partial charge in [-0.2, -0.15) is 0 Å². The third-order valence-electron chi connectivity index (χ3n) is 3.24. The molecule has 1 aliphatic heterocycles. The number of rotatable bonds is 2. The summed E-state index contributed by atoms with van der Waals surface area (Å²) in [6.45, 7) is 0.471. The van der Waals surface area contributed by atoms with Crippen molar-refractivity contribution in [2.24, 2.45) is 0 Å². The maximum atomic E-state index is 11.5. The van der Waals surface area contributed by atoms with Crippen LogP contribution in [0.5, 0.6) is 0 Å². The second-order valence-corrected chi connectivity index (χ2v) is 5.69. The number of nitrogens with zero attached hydrogens (tertiary/aromatic N) is 3. The molecule has 3 aromatic rings. The second kappa shape index (κ2) is 4.45. The number of aromatic amines is 1. The van der Waals surface area contributed by atoms with Crippen molar-refractivity contribution >= 4 is 39.8 Å². The lowest BCUT2D eigenvalue weighted by Gasteiger charge is -2.02. The number of benzene rings is 1. The molecule has 1 saturated heterocycles. The summed E-state index contributed by atoms with van der Waals surface area (Å²) in [5, 5.41) is 9.59. The van der Waals surface area contributed by atoms with Gasteiger partial charge in [-0.3, -0.25) is 4.79 Å². The number of aromatic nitrogens is 4. The van der Waals surface area contributed by atoms with E-state index in [0.717, 1.165) is 16.4 Å². The standard InChI is InChI=1S/C13H10N4O2S/c18-12-9(5-6-19-12)20-13-15-11-10(16-17-13)7-3-1-2-4-8(7)14-11/h1-4,9H,5-6H2,(H,14,15,17)/t9-/m1/s1. The summed E-state index contributed by atoms with van der Waals surface area (Å²) >= 11 is 1.30. The van der Waals surface area contributed by atoms with Crippen LogP contribution in [-0.2, 0) is 9.53 Å². The first-order valence-corrected chi connectivity index (χ1v) is 7.14. The van der Waals surface area contributed by atoms with Gasteiger partial charge < -0.3 is 9.72 Å². The summed E-state index contributed by atoms with van der Waals surface area (Å²) in [4.78, 5) is 19.1. The van der Waals surface area contributed by atoms with Crippen LogP contribution in [0.2, 0.25) is 0 Å². The summed E-state index contributed by atoms with van der Waals surface area (Å²) in [6.07, 6.45) is 0.692. The monoisotopic (exact) mass is 286 g/mol. The number of cyclic esters (lactones) is 1. The lowest BCUT2D eigenvalue weighted by molar-refractivity contribution is -0.137. The van der Waals surface area contributed by atoms with Crippen molar-refractivity contribution in [2.45, 2.75) is 16.8 Å². The highest BCUT2D eigenvalue weighted by atomic mass is 32.2. The van der Waals surface area contributed by atoms with Crippen LogP contribution in [0.4, 0.5) is 0 Å². The number of hydrogen-bond acceptors (Lipinski definition) is 6. The van der Waals surface area contributed by atoms with Gasteiger partial charge in [0.05, 0.1) is 6.61 Å². The molecule has 1 aromatic carbocycles. The van der Waals surface area contributed by atoms with Crippen LogP contribution in [0, 0.1) is 0 Å². The maximum absolute atomic E-state index is 11.5. The Hall–Kier alpha value is -2.15. The van der Waals surface area contributed by atoms with E-state index in [1.165, 1.54) is 11.8 Å². The van der Waals surface area contributed by atoms with Gasteiger partial charge in [0.2, 0.25) is 5.16 Å². The Balaban J connectivity index is 1.75. The normalized spacial score (nSPS) is 18.8. The van der Waals surface area contributed by atoms with Gasteiger partial charge in [-0.15, -0.1) is 10.2 Å². The molecule has 100 valence electrons. The first-order chi connectivity index (χ1) is 9.81. The highest BCUT2D eigenvalue weighted by Gasteiger charge is 2.28. The fourth-order valence-corrected chi connectivity index (χ4v) is 3.13. The predicted octanol–water partition coefficient (Wildman–Crippen LogP) is 1.91. The number of H-pyrrole nitrogens is 1. The SMILES string of the molecule is O=C1OCC[C@H]1Sc1nnc2c(n1)[nH]c1ccccc12. The van der Waals surface area contributed by atoms with E-state index in [-0.39, 0.29) is 11.2 Å². The van der Waals surface area contributed by atoms with E-state index in [1.54, 1.807) is 0 Å². The number of fused-ring (bicyclic) bond motifs is 3. The van der Waals surface area contributed by atoms with E-state index in [2.05, 4.69) is 20.2 Å². The summed E-state index contributed by atoms with van der Waals surface area (Å²) in [5.74, 6) is -0.199. The quantitative estimate of drug-likeness (QED) is 0.725. The number of esters is 1. The van der Waals surface area contributed by atoms with Gasteiger partial charge in [0.25, 0.3) is 0 Å². The number of carbonyl (C=O) groups is 1. The molecule has 20 heavy (non-hydrogen) atoms. The molecular formula is C13H10N4O2S. The van der Waals surface area contributed by atoms with E-state index < -0.39 is 0 Å². The Bertz CT molecular complexity index is 816. The lowest BCUT2D eigenvalue weighted by atomic mass is 10.2. The molecule has 1 fully saturated rings. The van der Waals surface area contributed by atoms with Crippen molar-refractivity contribution < 1.29 is 9.53 Å². The zero-order valence-electron chi connectivity index (χ0n) is 10.4. The van der Waals surface area contributed by atoms with Gasteiger partial charge >= 0.3 is 5.97 Å². The molecule has 0 saturated carbocycles. The van der Waals surface area contributed by atoms with Crippen LogP contribution in [0.3, 0.4) is 0 Å². The molecule has 6 nitrogen and oxygen atoms in total. The Morgan fingerprint density at radius 1 is 1.30 bits per heavy atom. The minimum absolute atomic E-state index is 0.199. The van der Waals surface area contributed by atoms with Gasteiger partial charge in [0.15, 0.2) is 5.65 Å². The third kappa shape index (κ3) is 1.82. The van der Waals surface area contributed by atoms with Crippen LogP contribution >= 0.6 is 11.8 Å². The van der Waals surface area contributed by atoms with Crippen LogP contribution in [0.15, 0.2) is 29.4 Å². The van der Waals surface area contributed by atoms with Crippen molar-refractivity contribution in [2.75, 3.05) is 6.61 Å². The molecule has 0 bridgehead atoms. The van der Waals surface area contributed by atoms with Crippen LogP contribution < -0.4 is 0 Å². The van der Waals surface area contributed by atoms with Gasteiger partial charge in [-0.25, -0.2) is 4.98 Å². The molecule has 0 aliphatic carbocycles. The van der Waals surface area contributed by atoms with Crippen molar-refractivity contribution in [1.82, 2.24) is 20.2 Å². The molecule has 4 rings (SSSR count). The van der Waals surface area contributed by atoms with Crippen LogP contribution in [0.25, 0.3) is 22.1 Å². The molecule has 7 heteroatoms. The molecule has 1 aliphatic rings. The Labute approximate surface area is 117 Å². The van der Waals surface area contributed by atoms with E-state index in [0.29, 0.717) is 23.8 Å². The average Bonchev–Trinajstić information content (AvgIpc) is 3.02. The molecule has 1 atom stereocenters. The molecule has 3 heterocycles. The predicted molar refractivity (Wildman–Crippen MR) is 74.4 cm³/mol.